The number of rotatable bonds is 16. The highest BCUT2D eigenvalue weighted by Crippen LogP contribution is 2.15. The molecule has 0 saturated heterocycles. The first-order valence-electron chi connectivity index (χ1n) is 9.86. The molecule has 0 heterocycles. The SMILES string of the molecule is CCCCCCCCCCCCCCCC[C@@H](O)C(C)C. The zero-order valence-electron chi connectivity index (χ0n) is 15.2. The molecule has 0 aromatic carbocycles. The Hall–Kier alpha value is -0.0400. The Labute approximate surface area is 134 Å². The van der Waals surface area contributed by atoms with Gasteiger partial charge in [0.15, 0.2) is 0 Å². The molecule has 0 amide bonds. The third-order valence-electron chi connectivity index (χ3n) is 4.62. The number of hydrogen-bond donors (Lipinski definition) is 1. The summed E-state index contributed by atoms with van der Waals surface area (Å²) in [5.74, 6) is 0.423. The summed E-state index contributed by atoms with van der Waals surface area (Å²) in [6, 6.07) is 0. The van der Waals surface area contributed by atoms with Crippen LogP contribution in [0.25, 0.3) is 0 Å². The minimum atomic E-state index is -0.0812. The van der Waals surface area contributed by atoms with Crippen molar-refractivity contribution in [1.29, 1.82) is 0 Å². The van der Waals surface area contributed by atoms with Crippen molar-refractivity contribution in [2.75, 3.05) is 0 Å². The van der Waals surface area contributed by atoms with Gasteiger partial charge in [0.2, 0.25) is 0 Å². The van der Waals surface area contributed by atoms with E-state index in [1.165, 1.54) is 89.9 Å². The summed E-state index contributed by atoms with van der Waals surface area (Å²) in [4.78, 5) is 0. The Balaban J connectivity index is 3.03. The van der Waals surface area contributed by atoms with Crippen LogP contribution >= 0.6 is 0 Å². The van der Waals surface area contributed by atoms with Crippen LogP contribution in [-0.4, -0.2) is 11.2 Å². The molecule has 1 heteroatoms. The fraction of sp³-hybridized carbons (Fsp3) is 1.00. The van der Waals surface area contributed by atoms with E-state index in [0.29, 0.717) is 5.92 Å². The molecule has 0 bridgehead atoms. The molecule has 0 unspecified atom stereocenters. The van der Waals surface area contributed by atoms with E-state index >= 15 is 0 Å². The average Bonchev–Trinajstić information content (AvgIpc) is 2.47. The Morgan fingerprint density at radius 3 is 1.24 bits per heavy atom. The molecule has 0 aliphatic carbocycles. The van der Waals surface area contributed by atoms with Crippen molar-refractivity contribution in [3.63, 3.8) is 0 Å². The molecule has 0 aliphatic heterocycles. The van der Waals surface area contributed by atoms with Crippen LogP contribution < -0.4 is 0 Å². The van der Waals surface area contributed by atoms with Gasteiger partial charge in [-0.3, -0.25) is 0 Å². The van der Waals surface area contributed by atoms with Crippen LogP contribution in [-0.2, 0) is 0 Å². The van der Waals surface area contributed by atoms with Gasteiger partial charge in [-0.25, -0.2) is 0 Å². The molecule has 1 nitrogen and oxygen atoms in total. The molecule has 0 aromatic heterocycles. The molecule has 0 spiro atoms. The summed E-state index contributed by atoms with van der Waals surface area (Å²) >= 11 is 0. The Bertz CT molecular complexity index is 188. The summed E-state index contributed by atoms with van der Waals surface area (Å²) in [5.41, 5.74) is 0. The van der Waals surface area contributed by atoms with Crippen molar-refractivity contribution in [2.45, 2.75) is 123 Å². The predicted molar refractivity (Wildman–Crippen MR) is 95.8 cm³/mol. The van der Waals surface area contributed by atoms with Gasteiger partial charge >= 0.3 is 0 Å². The quantitative estimate of drug-likeness (QED) is 0.308. The van der Waals surface area contributed by atoms with Gasteiger partial charge in [0, 0.05) is 0 Å². The third-order valence-corrected chi connectivity index (χ3v) is 4.62. The van der Waals surface area contributed by atoms with Gasteiger partial charge < -0.3 is 5.11 Å². The van der Waals surface area contributed by atoms with Crippen molar-refractivity contribution in [2.24, 2.45) is 5.92 Å². The second-order valence-corrected chi connectivity index (χ2v) is 7.20. The maximum absolute atomic E-state index is 9.72. The van der Waals surface area contributed by atoms with E-state index in [9.17, 15) is 5.11 Å². The predicted octanol–water partition coefficient (Wildman–Crippen LogP) is 6.87. The first-order chi connectivity index (χ1) is 10.2. The van der Waals surface area contributed by atoms with Crippen LogP contribution in [0.3, 0.4) is 0 Å². The molecule has 0 fully saturated rings. The summed E-state index contributed by atoms with van der Waals surface area (Å²) in [5, 5.41) is 9.72. The molecule has 0 aromatic rings. The zero-order chi connectivity index (χ0) is 15.8. The van der Waals surface area contributed by atoms with Crippen LogP contribution in [0.5, 0.6) is 0 Å². The summed E-state index contributed by atoms with van der Waals surface area (Å²) in [6.45, 7) is 6.50. The largest absolute Gasteiger partial charge is 0.393 e. The number of hydrogen-bond acceptors (Lipinski definition) is 1. The Morgan fingerprint density at radius 2 is 0.905 bits per heavy atom. The van der Waals surface area contributed by atoms with Crippen molar-refractivity contribution in [1.82, 2.24) is 0 Å². The van der Waals surface area contributed by atoms with Crippen LogP contribution in [0.2, 0.25) is 0 Å². The fourth-order valence-electron chi connectivity index (χ4n) is 2.88. The van der Waals surface area contributed by atoms with Gasteiger partial charge in [-0.2, -0.15) is 0 Å². The highest BCUT2D eigenvalue weighted by molar-refractivity contribution is 4.59. The van der Waals surface area contributed by atoms with E-state index in [-0.39, 0.29) is 6.10 Å². The Kier molecular flexibility index (Phi) is 16.3. The summed E-state index contributed by atoms with van der Waals surface area (Å²) < 4.78 is 0. The van der Waals surface area contributed by atoms with Crippen LogP contribution in [0.4, 0.5) is 0 Å². The molecule has 1 atom stereocenters. The summed E-state index contributed by atoms with van der Waals surface area (Å²) in [7, 11) is 0. The van der Waals surface area contributed by atoms with E-state index < -0.39 is 0 Å². The molecular formula is C20H42O. The maximum atomic E-state index is 9.72. The first-order valence-corrected chi connectivity index (χ1v) is 9.86. The summed E-state index contributed by atoms with van der Waals surface area (Å²) in [6.07, 6.45) is 20.5. The van der Waals surface area contributed by atoms with Gasteiger partial charge in [0.1, 0.15) is 0 Å². The van der Waals surface area contributed by atoms with E-state index in [0.717, 1.165) is 6.42 Å². The van der Waals surface area contributed by atoms with Gasteiger partial charge in [-0.15, -0.1) is 0 Å². The molecular weight excluding hydrogens is 256 g/mol. The number of aliphatic hydroxyl groups excluding tert-OH is 1. The smallest absolute Gasteiger partial charge is 0.0563 e. The van der Waals surface area contributed by atoms with Crippen molar-refractivity contribution in [3.05, 3.63) is 0 Å². The minimum absolute atomic E-state index is 0.0812. The van der Waals surface area contributed by atoms with E-state index in [2.05, 4.69) is 20.8 Å². The molecule has 0 saturated carbocycles. The van der Waals surface area contributed by atoms with E-state index in [1.807, 2.05) is 0 Å². The lowest BCUT2D eigenvalue weighted by Crippen LogP contribution is -2.13. The molecule has 128 valence electrons. The highest BCUT2D eigenvalue weighted by Gasteiger charge is 2.07. The average molecular weight is 299 g/mol. The normalized spacial score (nSPS) is 13.0. The molecule has 21 heavy (non-hydrogen) atoms. The second-order valence-electron chi connectivity index (χ2n) is 7.20. The van der Waals surface area contributed by atoms with Crippen molar-refractivity contribution < 1.29 is 5.11 Å². The highest BCUT2D eigenvalue weighted by atomic mass is 16.3. The molecule has 0 aliphatic rings. The van der Waals surface area contributed by atoms with E-state index in [1.54, 1.807) is 0 Å². The minimum Gasteiger partial charge on any atom is -0.393 e. The van der Waals surface area contributed by atoms with Gasteiger partial charge in [0.05, 0.1) is 6.10 Å². The standard InChI is InChI=1S/C20H42O/c1-4-5-6-7-8-9-10-11-12-13-14-15-16-17-18-20(21)19(2)3/h19-21H,4-18H2,1-3H3/t20-/m1/s1. The fourth-order valence-corrected chi connectivity index (χ4v) is 2.88. The topological polar surface area (TPSA) is 20.2 Å². The lowest BCUT2D eigenvalue weighted by molar-refractivity contribution is 0.113. The zero-order valence-corrected chi connectivity index (χ0v) is 15.2. The van der Waals surface area contributed by atoms with Gasteiger partial charge in [-0.05, 0) is 12.3 Å². The van der Waals surface area contributed by atoms with Crippen LogP contribution in [0.1, 0.15) is 117 Å². The molecule has 1 N–H and O–H groups in total. The number of aliphatic hydroxyl groups is 1. The molecule has 0 radical (unpaired) electrons. The van der Waals surface area contributed by atoms with Gasteiger partial charge in [-0.1, -0.05) is 111 Å². The van der Waals surface area contributed by atoms with Gasteiger partial charge in [0.25, 0.3) is 0 Å². The number of unbranched alkanes of at least 4 members (excludes halogenated alkanes) is 13. The van der Waals surface area contributed by atoms with E-state index in [4.69, 9.17) is 0 Å². The maximum Gasteiger partial charge on any atom is 0.0563 e. The second kappa shape index (κ2) is 16.3. The lowest BCUT2D eigenvalue weighted by atomic mass is 10.00. The van der Waals surface area contributed by atoms with Crippen molar-refractivity contribution >= 4 is 0 Å². The van der Waals surface area contributed by atoms with Crippen molar-refractivity contribution in [3.8, 4) is 0 Å². The first kappa shape index (κ1) is 21.0. The van der Waals surface area contributed by atoms with Crippen LogP contribution in [0.15, 0.2) is 0 Å². The van der Waals surface area contributed by atoms with Crippen LogP contribution in [0, 0.1) is 5.92 Å². The third kappa shape index (κ3) is 16.2. The monoisotopic (exact) mass is 298 g/mol. The lowest BCUT2D eigenvalue weighted by Gasteiger charge is -2.13. The Morgan fingerprint density at radius 1 is 0.571 bits per heavy atom. The molecule has 0 rings (SSSR count).